The van der Waals surface area contributed by atoms with Gasteiger partial charge < -0.3 is 15.4 Å². The fraction of sp³-hybridized carbons (Fsp3) is 0.455. The van der Waals surface area contributed by atoms with Gasteiger partial charge in [-0.05, 0) is 18.9 Å². The molecule has 5 heteroatoms. The fourth-order valence-electron chi connectivity index (χ4n) is 1.41. The van der Waals surface area contributed by atoms with Gasteiger partial charge in [0.15, 0.2) is 11.6 Å². The lowest BCUT2D eigenvalue weighted by Crippen LogP contribution is -2.20. The van der Waals surface area contributed by atoms with Crippen LogP contribution >= 0.6 is 0 Å². The molecule has 16 heavy (non-hydrogen) atoms. The number of amides is 1. The van der Waals surface area contributed by atoms with Crippen LogP contribution in [0, 0.1) is 0 Å². The molecule has 1 saturated carbocycles. The van der Waals surface area contributed by atoms with Crippen LogP contribution in [-0.4, -0.2) is 31.1 Å². The molecular formula is C11H15N3O2. The zero-order valence-corrected chi connectivity index (χ0v) is 9.41. The SMILES string of the molecule is CNC(=O)c1ccnc(NC)c1OC1CC1. The van der Waals surface area contributed by atoms with Crippen LogP contribution in [0.1, 0.15) is 23.2 Å². The van der Waals surface area contributed by atoms with E-state index >= 15 is 0 Å². The van der Waals surface area contributed by atoms with E-state index in [0.717, 1.165) is 12.8 Å². The number of carbonyl (C=O) groups is 1. The number of anilines is 1. The predicted octanol–water partition coefficient (Wildman–Crippen LogP) is 1.02. The number of nitrogens with zero attached hydrogens (tertiary/aromatic N) is 1. The van der Waals surface area contributed by atoms with E-state index in [4.69, 9.17) is 4.74 Å². The number of carbonyl (C=O) groups excluding carboxylic acids is 1. The van der Waals surface area contributed by atoms with Crippen LogP contribution in [0.5, 0.6) is 5.75 Å². The first-order chi connectivity index (χ1) is 7.76. The van der Waals surface area contributed by atoms with Crippen LogP contribution in [-0.2, 0) is 0 Å². The number of rotatable bonds is 4. The van der Waals surface area contributed by atoms with Crippen molar-refractivity contribution in [3.8, 4) is 5.75 Å². The summed E-state index contributed by atoms with van der Waals surface area (Å²) >= 11 is 0. The minimum Gasteiger partial charge on any atom is -0.486 e. The smallest absolute Gasteiger partial charge is 0.254 e. The average Bonchev–Trinajstić information content (AvgIpc) is 3.12. The van der Waals surface area contributed by atoms with Crippen LogP contribution in [0.2, 0.25) is 0 Å². The van der Waals surface area contributed by atoms with Gasteiger partial charge in [-0.2, -0.15) is 0 Å². The van der Waals surface area contributed by atoms with Gasteiger partial charge in [0, 0.05) is 20.3 Å². The van der Waals surface area contributed by atoms with Crippen molar-refractivity contribution >= 4 is 11.7 Å². The van der Waals surface area contributed by atoms with Gasteiger partial charge in [-0.15, -0.1) is 0 Å². The zero-order valence-electron chi connectivity index (χ0n) is 9.41. The first-order valence-electron chi connectivity index (χ1n) is 5.31. The lowest BCUT2D eigenvalue weighted by atomic mass is 10.2. The van der Waals surface area contributed by atoms with Gasteiger partial charge in [-0.3, -0.25) is 4.79 Å². The lowest BCUT2D eigenvalue weighted by Gasteiger charge is -2.13. The molecule has 1 heterocycles. The summed E-state index contributed by atoms with van der Waals surface area (Å²) in [5.41, 5.74) is 0.522. The van der Waals surface area contributed by atoms with Gasteiger partial charge in [-0.1, -0.05) is 0 Å². The zero-order chi connectivity index (χ0) is 11.5. The molecule has 0 radical (unpaired) electrons. The largest absolute Gasteiger partial charge is 0.486 e. The van der Waals surface area contributed by atoms with Gasteiger partial charge in [-0.25, -0.2) is 4.98 Å². The minimum absolute atomic E-state index is 0.158. The Morgan fingerprint density at radius 3 is 2.81 bits per heavy atom. The normalized spacial score (nSPS) is 14.4. The summed E-state index contributed by atoms with van der Waals surface area (Å²) in [5, 5.41) is 5.52. The van der Waals surface area contributed by atoms with E-state index in [1.807, 2.05) is 0 Å². The second-order valence-corrected chi connectivity index (χ2v) is 3.68. The molecule has 0 aliphatic heterocycles. The van der Waals surface area contributed by atoms with E-state index in [2.05, 4.69) is 15.6 Å². The van der Waals surface area contributed by atoms with Gasteiger partial charge in [0.05, 0.1) is 11.7 Å². The summed E-state index contributed by atoms with van der Waals surface area (Å²) in [6, 6.07) is 1.66. The Morgan fingerprint density at radius 2 is 2.25 bits per heavy atom. The Kier molecular flexibility index (Phi) is 2.94. The molecule has 1 amide bonds. The summed E-state index contributed by atoms with van der Waals surface area (Å²) in [7, 11) is 3.36. The summed E-state index contributed by atoms with van der Waals surface area (Å²) < 4.78 is 5.72. The van der Waals surface area contributed by atoms with Crippen LogP contribution in [0.3, 0.4) is 0 Å². The number of pyridine rings is 1. The van der Waals surface area contributed by atoms with Gasteiger partial charge in [0.25, 0.3) is 5.91 Å². The molecule has 0 unspecified atom stereocenters. The average molecular weight is 221 g/mol. The molecular weight excluding hydrogens is 206 g/mol. The molecule has 5 nitrogen and oxygen atoms in total. The Bertz CT molecular complexity index is 402. The van der Waals surface area contributed by atoms with Crippen molar-refractivity contribution in [2.45, 2.75) is 18.9 Å². The van der Waals surface area contributed by atoms with E-state index in [1.165, 1.54) is 0 Å². The van der Waals surface area contributed by atoms with Gasteiger partial charge in [0.1, 0.15) is 0 Å². The number of ether oxygens (including phenoxy) is 1. The molecule has 1 aliphatic rings. The molecule has 0 spiro atoms. The molecule has 86 valence electrons. The van der Waals surface area contributed by atoms with Crippen LogP contribution in [0.4, 0.5) is 5.82 Å². The van der Waals surface area contributed by atoms with Crippen molar-refractivity contribution in [3.05, 3.63) is 17.8 Å². The third kappa shape index (κ3) is 2.08. The molecule has 1 aliphatic carbocycles. The molecule has 1 aromatic heterocycles. The van der Waals surface area contributed by atoms with Crippen molar-refractivity contribution in [2.24, 2.45) is 0 Å². The van der Waals surface area contributed by atoms with Crippen molar-refractivity contribution in [3.63, 3.8) is 0 Å². The van der Waals surface area contributed by atoms with Crippen LogP contribution in [0.15, 0.2) is 12.3 Å². The summed E-state index contributed by atoms with van der Waals surface area (Å²) in [6.07, 6.45) is 3.92. The summed E-state index contributed by atoms with van der Waals surface area (Å²) in [4.78, 5) is 15.8. The number of hydrogen-bond acceptors (Lipinski definition) is 4. The van der Waals surface area contributed by atoms with Gasteiger partial charge in [0.2, 0.25) is 0 Å². The third-order valence-electron chi connectivity index (χ3n) is 2.42. The predicted molar refractivity (Wildman–Crippen MR) is 60.8 cm³/mol. The molecule has 0 bridgehead atoms. The number of hydrogen-bond donors (Lipinski definition) is 2. The van der Waals surface area contributed by atoms with Gasteiger partial charge >= 0.3 is 0 Å². The standard InChI is InChI=1S/C11H15N3O2/c1-12-10-9(16-7-3-4-7)8(5-6-14-10)11(15)13-2/h5-7H,3-4H2,1-2H3,(H,12,14)(H,13,15). The maximum Gasteiger partial charge on any atom is 0.254 e. The third-order valence-corrected chi connectivity index (χ3v) is 2.42. The number of nitrogens with one attached hydrogen (secondary N) is 2. The maximum absolute atomic E-state index is 11.7. The second kappa shape index (κ2) is 4.38. The van der Waals surface area contributed by atoms with Crippen molar-refractivity contribution in [2.75, 3.05) is 19.4 Å². The van der Waals surface area contributed by atoms with E-state index in [0.29, 0.717) is 17.1 Å². The topological polar surface area (TPSA) is 63.2 Å². The van der Waals surface area contributed by atoms with Crippen molar-refractivity contribution < 1.29 is 9.53 Å². The molecule has 2 rings (SSSR count). The first kappa shape index (κ1) is 10.7. The van der Waals surface area contributed by atoms with Crippen molar-refractivity contribution in [1.82, 2.24) is 10.3 Å². The highest BCUT2D eigenvalue weighted by atomic mass is 16.5. The summed E-state index contributed by atoms with van der Waals surface area (Å²) in [6.45, 7) is 0. The highest BCUT2D eigenvalue weighted by Gasteiger charge is 2.27. The van der Waals surface area contributed by atoms with E-state index in [-0.39, 0.29) is 12.0 Å². The second-order valence-electron chi connectivity index (χ2n) is 3.68. The number of aromatic nitrogens is 1. The Balaban J connectivity index is 2.36. The Morgan fingerprint density at radius 1 is 1.50 bits per heavy atom. The summed E-state index contributed by atoms with van der Waals surface area (Å²) in [5.74, 6) is 0.995. The monoisotopic (exact) mass is 221 g/mol. The molecule has 0 aromatic carbocycles. The molecule has 0 atom stereocenters. The van der Waals surface area contributed by atoms with Crippen molar-refractivity contribution in [1.29, 1.82) is 0 Å². The first-order valence-corrected chi connectivity index (χ1v) is 5.31. The Hall–Kier alpha value is -1.78. The molecule has 2 N–H and O–H groups in total. The maximum atomic E-state index is 11.7. The molecule has 1 fully saturated rings. The quantitative estimate of drug-likeness (QED) is 0.797. The van der Waals surface area contributed by atoms with E-state index in [1.54, 1.807) is 26.4 Å². The van der Waals surface area contributed by atoms with E-state index in [9.17, 15) is 4.79 Å². The van der Waals surface area contributed by atoms with Crippen LogP contribution in [0.25, 0.3) is 0 Å². The highest BCUT2D eigenvalue weighted by molar-refractivity contribution is 5.98. The lowest BCUT2D eigenvalue weighted by molar-refractivity contribution is 0.0958. The fourth-order valence-corrected chi connectivity index (χ4v) is 1.41. The highest BCUT2D eigenvalue weighted by Crippen LogP contribution is 2.33. The Labute approximate surface area is 94.2 Å². The minimum atomic E-state index is -0.158. The van der Waals surface area contributed by atoms with E-state index < -0.39 is 0 Å². The molecule has 0 saturated heterocycles. The van der Waals surface area contributed by atoms with Crippen LogP contribution < -0.4 is 15.4 Å². The molecule has 1 aromatic rings.